The molecule has 15 N–H and O–H groups in total. The summed E-state index contributed by atoms with van der Waals surface area (Å²) in [6.07, 6.45) is 0. The quantitative estimate of drug-likeness (QED) is 0.0997. The summed E-state index contributed by atoms with van der Waals surface area (Å²) < 4.78 is 69.3. The molecule has 0 unspecified atom stereocenters. The van der Waals surface area contributed by atoms with Crippen LogP contribution in [0.2, 0.25) is 0 Å². The molecule has 0 saturated heterocycles. The first-order valence-electron chi connectivity index (χ1n) is 13.9. The third-order valence-electron chi connectivity index (χ3n) is 6.25. The molecule has 0 aromatic rings. The summed E-state index contributed by atoms with van der Waals surface area (Å²) in [7, 11) is 33.9. The molecule has 0 atom stereocenters. The largest absolute Gasteiger partial charge is 3.00 e. The summed E-state index contributed by atoms with van der Waals surface area (Å²) in [4.78, 5) is 0. The fourth-order valence-electron chi connectivity index (χ4n) is 4.29. The van der Waals surface area contributed by atoms with Crippen LogP contribution >= 0.6 is 30.4 Å². The molecule has 0 aliphatic heterocycles. The summed E-state index contributed by atoms with van der Waals surface area (Å²) in [5.41, 5.74) is 0. The van der Waals surface area contributed by atoms with E-state index in [-0.39, 0.29) is 132 Å². The van der Waals surface area contributed by atoms with Crippen molar-refractivity contribution in [3.05, 3.63) is 0 Å². The standard InChI is InChI=1S/4C6H18N3OP.3HI.5H2O.Y/c4*1-7(2)11(10,8(3)4)9(5)6;;;;;;;;;/h4*1-6H3;3*1H;5*1H2;/q;;;;;;;;;;;;+3/p+2. The molecule has 0 rings (SSSR count). The van der Waals surface area contributed by atoms with Crippen molar-refractivity contribution >= 4 is 30.4 Å². The van der Waals surface area contributed by atoms with Crippen molar-refractivity contribution in [2.45, 2.75) is 0 Å². The van der Waals surface area contributed by atoms with Crippen molar-refractivity contribution < 1.29 is 150 Å². The van der Waals surface area contributed by atoms with E-state index in [4.69, 9.17) is 0 Å². The molecule has 0 aliphatic rings. The van der Waals surface area contributed by atoms with Crippen LogP contribution in [0.3, 0.4) is 0 Å². The summed E-state index contributed by atoms with van der Waals surface area (Å²) in [5.74, 6) is 0. The minimum atomic E-state index is -2.44. The average Bonchev–Trinajstić information content (AvgIpc) is 2.85. The van der Waals surface area contributed by atoms with Crippen LogP contribution in [0.4, 0.5) is 0 Å². The van der Waals surface area contributed by atoms with Gasteiger partial charge in [-0.15, -0.1) is 0 Å². The van der Waals surface area contributed by atoms with Crippen LogP contribution in [0.25, 0.3) is 0 Å². The Hall–Kier alpha value is 3.53. The van der Waals surface area contributed by atoms with Crippen LogP contribution in [0.5, 0.6) is 0 Å². The van der Waals surface area contributed by atoms with Crippen molar-refractivity contribution in [1.82, 2.24) is 56.0 Å². The van der Waals surface area contributed by atoms with E-state index in [1.54, 1.807) is 56.0 Å². The molecule has 0 heterocycles. The van der Waals surface area contributed by atoms with Crippen LogP contribution in [0, 0.1) is 0 Å². The summed E-state index contributed by atoms with van der Waals surface area (Å²) in [6.45, 7) is 0. The molecule has 0 aliphatic carbocycles. The average molecular weight is 1280 g/mol. The van der Waals surface area contributed by atoms with E-state index in [9.17, 15) is 18.3 Å². The Labute approximate surface area is 401 Å². The summed E-state index contributed by atoms with van der Waals surface area (Å²) in [6, 6.07) is 0. The second-order valence-corrected chi connectivity index (χ2v) is 25.9. The Morgan fingerprint density at radius 3 is 0.245 bits per heavy atom. The van der Waals surface area contributed by atoms with Crippen LogP contribution in [-0.2, 0) is 78.4 Å². The number of halogens is 3. The number of hydrogen-bond donors (Lipinski definition) is 0. The molecule has 0 aromatic carbocycles. The normalized spacial score (nSPS) is 11.2. The molecule has 0 saturated carbocycles. The zero-order valence-electron chi connectivity index (χ0n) is 37.4. The van der Waals surface area contributed by atoms with Gasteiger partial charge in [-0.05, 0) is 169 Å². The van der Waals surface area contributed by atoms with Gasteiger partial charge in [-0.3, -0.25) is 18.3 Å². The van der Waals surface area contributed by atoms with Gasteiger partial charge in [0, 0.05) is 0 Å². The fraction of sp³-hybridized carbons (Fsp3) is 1.00. The topological polar surface area (TPSA) is 272 Å². The fourth-order valence-corrected chi connectivity index (χ4v) is 12.9. The number of hydrogen-bond acceptors (Lipinski definition) is 4. The predicted molar refractivity (Wildman–Crippen MR) is 219 cm³/mol. The van der Waals surface area contributed by atoms with Crippen molar-refractivity contribution in [1.29, 1.82) is 0 Å². The summed E-state index contributed by atoms with van der Waals surface area (Å²) >= 11 is 0. The van der Waals surface area contributed by atoms with E-state index in [0.717, 1.165) is 0 Å². The Morgan fingerprint density at radius 2 is 0.245 bits per heavy atom. The third-order valence-corrected chi connectivity index (χ3v) is 18.8. The molecule has 0 fully saturated rings. The van der Waals surface area contributed by atoms with Gasteiger partial charge in [-0.2, -0.15) is 0 Å². The predicted octanol–water partition coefficient (Wildman–Crippen LogP) is -10.5. The van der Waals surface area contributed by atoms with Gasteiger partial charge < -0.3 is 99.3 Å². The molecular formula is C24H87I3N12O9P4Y+5. The van der Waals surface area contributed by atoms with E-state index in [2.05, 4.69) is 0 Å². The van der Waals surface area contributed by atoms with Gasteiger partial charge in [0.25, 0.3) is 30.4 Å². The van der Waals surface area contributed by atoms with Gasteiger partial charge in [0.05, 0.1) is 0 Å². The molecule has 0 aromatic heterocycles. The first-order chi connectivity index (χ1) is 19.3. The zero-order valence-corrected chi connectivity index (χ0v) is 50.3. The van der Waals surface area contributed by atoms with Gasteiger partial charge in [0.2, 0.25) is 0 Å². The Morgan fingerprint density at radius 1 is 0.208 bits per heavy atom. The molecule has 0 radical (unpaired) electrons. The second-order valence-electron chi connectivity index (χ2n) is 12.2. The maximum atomic E-state index is 12.1. The van der Waals surface area contributed by atoms with Gasteiger partial charge >= 0.3 is 32.7 Å². The summed E-state index contributed by atoms with van der Waals surface area (Å²) in [5, 5.41) is 0. The maximum Gasteiger partial charge on any atom is 3.00 e. The van der Waals surface area contributed by atoms with Crippen molar-refractivity contribution in [3.63, 3.8) is 0 Å². The first-order valence-corrected chi connectivity index (χ1v) is 20.1. The maximum absolute atomic E-state index is 12.1. The molecule has 29 heteroatoms. The first kappa shape index (κ1) is 92.0. The molecule has 0 spiro atoms. The van der Waals surface area contributed by atoms with Crippen molar-refractivity contribution in [2.24, 2.45) is 0 Å². The van der Waals surface area contributed by atoms with Crippen LogP contribution in [0.1, 0.15) is 0 Å². The van der Waals surface area contributed by atoms with Crippen LogP contribution in [-0.4, -0.2) is 225 Å². The molecule has 0 bridgehead atoms. The number of nitrogens with zero attached hydrogens (tertiary/aromatic N) is 12. The smallest absolute Gasteiger partial charge is 1.00 e. The van der Waals surface area contributed by atoms with Crippen LogP contribution < -0.4 is 71.9 Å². The zero-order chi connectivity index (χ0) is 36.9. The van der Waals surface area contributed by atoms with E-state index in [0.29, 0.717) is 0 Å². The minimum Gasteiger partial charge on any atom is -1.00 e. The third kappa shape index (κ3) is 27.9. The molecule has 53 heavy (non-hydrogen) atoms. The Kier molecular flexibility index (Phi) is 71.0. The van der Waals surface area contributed by atoms with Gasteiger partial charge in [0.15, 0.2) is 0 Å². The second kappa shape index (κ2) is 40.9. The molecular weight excluding hydrogens is 1190 g/mol. The van der Waals surface area contributed by atoms with Gasteiger partial charge in [-0.25, -0.2) is 56.0 Å². The van der Waals surface area contributed by atoms with Crippen molar-refractivity contribution in [2.75, 3.05) is 169 Å². The van der Waals surface area contributed by atoms with Gasteiger partial charge in [0.1, 0.15) is 0 Å². The van der Waals surface area contributed by atoms with E-state index < -0.39 is 30.4 Å². The van der Waals surface area contributed by atoms with E-state index >= 15 is 0 Å². The Balaban J connectivity index is -0.0000000346. The SMILES string of the molecule is CN(C)P(=O)(N(C)C)N(C)C.CN(C)P(=O)(N(C)C)N(C)C.CN(C)P(=O)(N(C)C)N(C)C.CN(C)P(=O)(N(C)C)N(C)C.[I-].[I-].[I-].[OH3+].[OH3+].[OH3+].[OH3+].[OH3+].[Y+3]. The number of rotatable bonds is 12. The molecule has 21 nitrogen and oxygen atoms in total. The van der Waals surface area contributed by atoms with E-state index in [1.165, 1.54) is 0 Å². The van der Waals surface area contributed by atoms with Crippen LogP contribution in [0.15, 0.2) is 0 Å². The molecule has 0 amide bonds. The Bertz CT molecular complexity index is 745. The molecule has 336 valence electrons. The van der Waals surface area contributed by atoms with Crippen molar-refractivity contribution in [3.8, 4) is 0 Å². The van der Waals surface area contributed by atoms with Gasteiger partial charge in [-0.1, -0.05) is 0 Å². The monoisotopic (exact) mass is 1280 g/mol. The minimum absolute atomic E-state index is 0. The van der Waals surface area contributed by atoms with E-state index in [1.807, 2.05) is 169 Å².